The van der Waals surface area contributed by atoms with Crippen LogP contribution in [-0.2, 0) is 0 Å². The van der Waals surface area contributed by atoms with Gasteiger partial charge in [0.2, 0.25) is 0 Å². The maximum Gasteiger partial charge on any atom is 0.0932 e. The van der Waals surface area contributed by atoms with Crippen molar-refractivity contribution in [2.24, 2.45) is 0 Å². The van der Waals surface area contributed by atoms with E-state index in [9.17, 15) is 5.11 Å². The van der Waals surface area contributed by atoms with Crippen LogP contribution in [0.3, 0.4) is 0 Å². The molecular formula is C16H27ClOS. The van der Waals surface area contributed by atoms with Crippen LogP contribution in [0.25, 0.3) is 0 Å². The zero-order chi connectivity index (χ0) is 13.9. The lowest BCUT2D eigenvalue weighted by atomic mass is 10.0. The first kappa shape index (κ1) is 17.0. The molecule has 0 radical (unpaired) electrons. The molecule has 1 aromatic heterocycles. The second-order valence-corrected chi connectivity index (χ2v) is 7.02. The Labute approximate surface area is 127 Å². The van der Waals surface area contributed by atoms with Gasteiger partial charge in [-0.05, 0) is 18.6 Å². The third-order valence-electron chi connectivity index (χ3n) is 3.50. The summed E-state index contributed by atoms with van der Waals surface area (Å²) in [5.74, 6) is 0. The minimum atomic E-state index is -0.318. The van der Waals surface area contributed by atoms with E-state index in [0.29, 0.717) is 0 Å². The van der Waals surface area contributed by atoms with Gasteiger partial charge in [0.25, 0.3) is 0 Å². The molecule has 1 atom stereocenters. The van der Waals surface area contributed by atoms with Gasteiger partial charge >= 0.3 is 0 Å². The first-order valence-electron chi connectivity index (χ1n) is 7.67. The Kier molecular flexibility index (Phi) is 9.58. The number of hydrogen-bond donors (Lipinski definition) is 1. The summed E-state index contributed by atoms with van der Waals surface area (Å²) in [7, 11) is 0. The molecule has 0 aliphatic rings. The van der Waals surface area contributed by atoms with E-state index in [0.717, 1.165) is 22.1 Å². The zero-order valence-corrected chi connectivity index (χ0v) is 13.6. The number of halogens is 1. The van der Waals surface area contributed by atoms with Gasteiger partial charge in [0.05, 0.1) is 10.4 Å². The lowest BCUT2D eigenvalue weighted by Gasteiger charge is -2.08. The molecule has 0 saturated carbocycles. The quantitative estimate of drug-likeness (QED) is 0.472. The smallest absolute Gasteiger partial charge is 0.0932 e. The monoisotopic (exact) mass is 302 g/mol. The first-order valence-corrected chi connectivity index (χ1v) is 8.86. The molecule has 110 valence electrons. The molecule has 19 heavy (non-hydrogen) atoms. The Morgan fingerprint density at radius 1 is 1.00 bits per heavy atom. The standard InChI is InChI=1S/C16H27ClOS/c1-2-3-4-5-6-7-8-9-10-11-14(18)15-12-13-16(17)19-15/h12-14,18H,2-11H2,1H3. The highest BCUT2D eigenvalue weighted by molar-refractivity contribution is 7.16. The van der Waals surface area contributed by atoms with Crippen LogP contribution in [0.1, 0.15) is 82.1 Å². The van der Waals surface area contributed by atoms with E-state index >= 15 is 0 Å². The summed E-state index contributed by atoms with van der Waals surface area (Å²) in [6.07, 6.45) is 12.4. The Morgan fingerprint density at radius 2 is 1.58 bits per heavy atom. The molecule has 1 rings (SSSR count). The predicted molar refractivity (Wildman–Crippen MR) is 86.1 cm³/mol. The fourth-order valence-corrected chi connectivity index (χ4v) is 3.38. The van der Waals surface area contributed by atoms with Gasteiger partial charge in [-0.15, -0.1) is 11.3 Å². The van der Waals surface area contributed by atoms with Crippen molar-refractivity contribution >= 4 is 22.9 Å². The van der Waals surface area contributed by atoms with Crippen LogP contribution in [0.15, 0.2) is 12.1 Å². The zero-order valence-electron chi connectivity index (χ0n) is 12.0. The lowest BCUT2D eigenvalue weighted by molar-refractivity contribution is 0.167. The third-order valence-corrected chi connectivity index (χ3v) is 4.84. The molecule has 0 aliphatic carbocycles. The number of rotatable bonds is 11. The Morgan fingerprint density at radius 3 is 2.11 bits per heavy atom. The molecule has 0 amide bonds. The van der Waals surface area contributed by atoms with E-state index in [1.54, 1.807) is 0 Å². The maximum atomic E-state index is 9.99. The minimum absolute atomic E-state index is 0.318. The summed E-state index contributed by atoms with van der Waals surface area (Å²) in [6.45, 7) is 2.26. The number of aliphatic hydroxyl groups is 1. The van der Waals surface area contributed by atoms with E-state index in [4.69, 9.17) is 11.6 Å². The summed E-state index contributed by atoms with van der Waals surface area (Å²) in [6, 6.07) is 3.80. The molecular weight excluding hydrogens is 276 g/mol. The minimum Gasteiger partial charge on any atom is -0.388 e. The average molecular weight is 303 g/mol. The fraction of sp³-hybridized carbons (Fsp3) is 0.750. The molecule has 0 saturated heterocycles. The summed E-state index contributed by atoms with van der Waals surface area (Å²) in [5, 5.41) is 9.99. The fourth-order valence-electron chi connectivity index (χ4n) is 2.30. The molecule has 0 bridgehead atoms. The van der Waals surface area contributed by atoms with Crippen LogP contribution in [0.4, 0.5) is 0 Å². The van der Waals surface area contributed by atoms with Crippen molar-refractivity contribution in [2.75, 3.05) is 0 Å². The number of hydrogen-bond acceptors (Lipinski definition) is 2. The highest BCUT2D eigenvalue weighted by Gasteiger charge is 2.09. The van der Waals surface area contributed by atoms with Crippen LogP contribution < -0.4 is 0 Å². The maximum absolute atomic E-state index is 9.99. The normalized spacial score (nSPS) is 12.8. The molecule has 0 aromatic carbocycles. The largest absolute Gasteiger partial charge is 0.388 e. The molecule has 1 N–H and O–H groups in total. The van der Waals surface area contributed by atoms with Gasteiger partial charge in [0.15, 0.2) is 0 Å². The molecule has 1 heterocycles. The van der Waals surface area contributed by atoms with E-state index in [2.05, 4.69) is 6.92 Å². The van der Waals surface area contributed by atoms with Gasteiger partial charge in [-0.25, -0.2) is 0 Å². The molecule has 1 unspecified atom stereocenters. The molecule has 0 aliphatic heterocycles. The Balaban J connectivity index is 1.93. The van der Waals surface area contributed by atoms with Crippen molar-refractivity contribution in [1.82, 2.24) is 0 Å². The lowest BCUT2D eigenvalue weighted by Crippen LogP contribution is -1.94. The molecule has 1 nitrogen and oxygen atoms in total. The number of thiophene rings is 1. The van der Waals surface area contributed by atoms with Gasteiger partial charge < -0.3 is 5.11 Å². The van der Waals surface area contributed by atoms with E-state index in [-0.39, 0.29) is 6.10 Å². The molecule has 3 heteroatoms. The summed E-state index contributed by atoms with van der Waals surface area (Å²) in [5.41, 5.74) is 0. The van der Waals surface area contributed by atoms with E-state index in [1.807, 2.05) is 12.1 Å². The van der Waals surface area contributed by atoms with Gasteiger partial charge in [0.1, 0.15) is 0 Å². The topological polar surface area (TPSA) is 20.2 Å². The summed E-state index contributed by atoms with van der Waals surface area (Å²) >= 11 is 7.36. The van der Waals surface area contributed by atoms with Gasteiger partial charge in [-0.2, -0.15) is 0 Å². The second kappa shape index (κ2) is 10.7. The molecule has 0 spiro atoms. The van der Waals surface area contributed by atoms with Crippen molar-refractivity contribution in [3.05, 3.63) is 21.3 Å². The van der Waals surface area contributed by atoms with Crippen molar-refractivity contribution in [2.45, 2.75) is 77.2 Å². The Hall–Kier alpha value is -0.0500. The van der Waals surface area contributed by atoms with Crippen molar-refractivity contribution in [3.63, 3.8) is 0 Å². The van der Waals surface area contributed by atoms with Crippen molar-refractivity contribution < 1.29 is 5.11 Å². The highest BCUT2D eigenvalue weighted by Crippen LogP contribution is 2.29. The van der Waals surface area contributed by atoms with Gasteiger partial charge in [-0.1, -0.05) is 76.3 Å². The predicted octanol–water partition coefficient (Wildman–Crippen LogP) is 6.36. The van der Waals surface area contributed by atoms with Gasteiger partial charge in [-0.3, -0.25) is 0 Å². The van der Waals surface area contributed by atoms with Crippen LogP contribution in [0, 0.1) is 0 Å². The summed E-state index contributed by atoms with van der Waals surface area (Å²) < 4.78 is 0.765. The molecule has 1 aromatic rings. The highest BCUT2D eigenvalue weighted by atomic mass is 35.5. The van der Waals surface area contributed by atoms with Crippen LogP contribution >= 0.6 is 22.9 Å². The Bertz CT molecular complexity index is 324. The van der Waals surface area contributed by atoms with Crippen LogP contribution in [-0.4, -0.2) is 5.11 Å². The summed E-state index contributed by atoms with van der Waals surface area (Å²) in [4.78, 5) is 1.00. The second-order valence-electron chi connectivity index (χ2n) is 5.27. The van der Waals surface area contributed by atoms with E-state index < -0.39 is 0 Å². The number of unbranched alkanes of at least 4 members (excludes halogenated alkanes) is 8. The van der Waals surface area contributed by atoms with Crippen LogP contribution in [0.5, 0.6) is 0 Å². The third kappa shape index (κ3) is 7.96. The first-order chi connectivity index (χ1) is 9.24. The van der Waals surface area contributed by atoms with Crippen molar-refractivity contribution in [3.8, 4) is 0 Å². The molecule has 0 fully saturated rings. The average Bonchev–Trinajstić information content (AvgIpc) is 2.83. The number of aliphatic hydroxyl groups excluding tert-OH is 1. The van der Waals surface area contributed by atoms with Crippen LogP contribution in [0.2, 0.25) is 4.34 Å². The SMILES string of the molecule is CCCCCCCCCCCC(O)c1ccc(Cl)s1. The van der Waals surface area contributed by atoms with Gasteiger partial charge in [0, 0.05) is 4.88 Å². The van der Waals surface area contributed by atoms with E-state index in [1.165, 1.54) is 62.7 Å². The van der Waals surface area contributed by atoms with Crippen molar-refractivity contribution in [1.29, 1.82) is 0 Å².